The van der Waals surface area contributed by atoms with Gasteiger partial charge in [0.25, 0.3) is 0 Å². The van der Waals surface area contributed by atoms with E-state index in [0.717, 1.165) is 18.5 Å². The first-order chi connectivity index (χ1) is 8.13. The predicted octanol–water partition coefficient (Wildman–Crippen LogP) is 2.12. The van der Waals surface area contributed by atoms with Crippen LogP contribution in [0.1, 0.15) is 39.5 Å². The van der Waals surface area contributed by atoms with Gasteiger partial charge in [-0.05, 0) is 25.5 Å². The van der Waals surface area contributed by atoms with Crippen molar-refractivity contribution in [3.63, 3.8) is 0 Å². The minimum atomic E-state index is -0.292. The Labute approximate surface area is 101 Å². The largest absolute Gasteiger partial charge is 0.469 e. The lowest BCUT2D eigenvalue weighted by Crippen LogP contribution is -2.35. The SMILES string of the molecule is CCCCC(=O)N1C2=C(C=CC(=O)C2)OC1C. The Morgan fingerprint density at radius 2 is 2.29 bits per heavy atom. The van der Waals surface area contributed by atoms with Crippen molar-refractivity contribution >= 4 is 11.7 Å². The van der Waals surface area contributed by atoms with Crippen LogP contribution < -0.4 is 0 Å². The van der Waals surface area contributed by atoms with Gasteiger partial charge < -0.3 is 4.74 Å². The summed E-state index contributed by atoms with van der Waals surface area (Å²) >= 11 is 0. The van der Waals surface area contributed by atoms with Crippen molar-refractivity contribution in [1.82, 2.24) is 4.90 Å². The minimum Gasteiger partial charge on any atom is -0.469 e. The maximum Gasteiger partial charge on any atom is 0.229 e. The van der Waals surface area contributed by atoms with E-state index in [1.165, 1.54) is 6.08 Å². The smallest absolute Gasteiger partial charge is 0.229 e. The molecule has 1 aliphatic carbocycles. The average Bonchev–Trinajstić information content (AvgIpc) is 2.61. The quantitative estimate of drug-likeness (QED) is 0.752. The highest BCUT2D eigenvalue weighted by atomic mass is 16.5. The van der Waals surface area contributed by atoms with Gasteiger partial charge in [-0.2, -0.15) is 0 Å². The summed E-state index contributed by atoms with van der Waals surface area (Å²) in [5.41, 5.74) is 0.728. The molecule has 2 aliphatic rings. The molecule has 2 rings (SSSR count). The summed E-state index contributed by atoms with van der Waals surface area (Å²) in [5.74, 6) is 0.740. The fourth-order valence-electron chi connectivity index (χ4n) is 2.14. The Morgan fingerprint density at radius 3 is 3.00 bits per heavy atom. The second-order valence-electron chi connectivity index (χ2n) is 4.37. The zero-order chi connectivity index (χ0) is 12.4. The standard InChI is InChI=1S/C13H17NO3/c1-3-4-5-13(16)14-9(2)17-12-7-6-10(15)8-11(12)14/h6-7,9H,3-5,8H2,1-2H3. The Bertz CT molecular complexity index is 409. The molecule has 0 spiro atoms. The Balaban J connectivity index is 2.16. The van der Waals surface area contributed by atoms with Crippen LogP contribution in [0.5, 0.6) is 0 Å². The average molecular weight is 235 g/mol. The van der Waals surface area contributed by atoms with Gasteiger partial charge in [0.05, 0.1) is 12.1 Å². The number of nitrogens with zero attached hydrogens (tertiary/aromatic N) is 1. The monoisotopic (exact) mass is 235 g/mol. The summed E-state index contributed by atoms with van der Waals surface area (Å²) in [4.78, 5) is 25.1. The van der Waals surface area contributed by atoms with E-state index in [-0.39, 0.29) is 24.3 Å². The summed E-state index contributed by atoms with van der Waals surface area (Å²) in [6, 6.07) is 0. The second kappa shape index (κ2) is 4.73. The lowest BCUT2D eigenvalue weighted by Gasteiger charge is -2.22. The van der Waals surface area contributed by atoms with E-state index in [1.54, 1.807) is 11.0 Å². The molecule has 17 heavy (non-hydrogen) atoms. The van der Waals surface area contributed by atoms with Crippen molar-refractivity contribution in [3.05, 3.63) is 23.6 Å². The molecule has 1 unspecified atom stereocenters. The fourth-order valence-corrected chi connectivity index (χ4v) is 2.14. The summed E-state index contributed by atoms with van der Waals surface area (Å²) in [5, 5.41) is 0. The van der Waals surface area contributed by atoms with Crippen molar-refractivity contribution in [2.45, 2.75) is 45.8 Å². The third-order valence-corrected chi connectivity index (χ3v) is 3.01. The Morgan fingerprint density at radius 1 is 1.53 bits per heavy atom. The highest BCUT2D eigenvalue weighted by molar-refractivity contribution is 5.94. The van der Waals surface area contributed by atoms with Gasteiger partial charge in [-0.25, -0.2) is 0 Å². The van der Waals surface area contributed by atoms with Crippen LogP contribution >= 0.6 is 0 Å². The van der Waals surface area contributed by atoms with E-state index in [1.807, 2.05) is 6.92 Å². The Kier molecular flexibility index (Phi) is 3.31. The molecule has 4 nitrogen and oxygen atoms in total. The van der Waals surface area contributed by atoms with Gasteiger partial charge in [-0.15, -0.1) is 0 Å². The number of rotatable bonds is 3. The first-order valence-electron chi connectivity index (χ1n) is 6.06. The normalized spacial score (nSPS) is 22.8. The van der Waals surface area contributed by atoms with Gasteiger partial charge in [0.1, 0.15) is 5.76 Å². The molecule has 0 fully saturated rings. The minimum absolute atomic E-state index is 0.0229. The molecule has 1 heterocycles. The first-order valence-corrected chi connectivity index (χ1v) is 6.06. The number of carbonyl (C=O) groups is 2. The highest BCUT2D eigenvalue weighted by Crippen LogP contribution is 2.32. The summed E-state index contributed by atoms with van der Waals surface area (Å²) in [6.07, 6.45) is 5.51. The molecule has 1 atom stereocenters. The lowest BCUT2D eigenvalue weighted by atomic mass is 10.1. The number of hydrogen-bond donors (Lipinski definition) is 0. The van der Waals surface area contributed by atoms with Crippen LogP contribution in [0.2, 0.25) is 0 Å². The van der Waals surface area contributed by atoms with E-state index in [2.05, 4.69) is 6.92 Å². The highest BCUT2D eigenvalue weighted by Gasteiger charge is 2.35. The number of ketones is 1. The van der Waals surface area contributed by atoms with Crippen molar-refractivity contribution in [1.29, 1.82) is 0 Å². The maximum absolute atomic E-state index is 12.1. The molecule has 1 aliphatic heterocycles. The molecule has 0 aromatic carbocycles. The summed E-state index contributed by atoms with van der Waals surface area (Å²) in [6.45, 7) is 3.88. The fraction of sp³-hybridized carbons (Fsp3) is 0.538. The second-order valence-corrected chi connectivity index (χ2v) is 4.37. The number of allylic oxidation sites excluding steroid dienone is 3. The van der Waals surface area contributed by atoms with Crippen LogP contribution in [0.15, 0.2) is 23.6 Å². The van der Waals surface area contributed by atoms with Gasteiger partial charge in [0.2, 0.25) is 5.91 Å². The molecule has 0 bridgehead atoms. The van der Waals surface area contributed by atoms with Gasteiger partial charge in [-0.1, -0.05) is 13.3 Å². The van der Waals surface area contributed by atoms with Crippen molar-refractivity contribution in [2.75, 3.05) is 0 Å². The van der Waals surface area contributed by atoms with Crippen molar-refractivity contribution in [3.8, 4) is 0 Å². The predicted molar refractivity (Wildman–Crippen MR) is 62.7 cm³/mol. The Hall–Kier alpha value is -1.58. The molecule has 1 amide bonds. The van der Waals surface area contributed by atoms with Crippen LogP contribution in [0.3, 0.4) is 0 Å². The zero-order valence-electron chi connectivity index (χ0n) is 10.2. The lowest BCUT2D eigenvalue weighted by molar-refractivity contribution is -0.134. The van der Waals surface area contributed by atoms with E-state index < -0.39 is 0 Å². The molecule has 92 valence electrons. The third-order valence-electron chi connectivity index (χ3n) is 3.01. The van der Waals surface area contributed by atoms with Crippen LogP contribution in [0.25, 0.3) is 0 Å². The molecule has 0 aromatic heterocycles. The van der Waals surface area contributed by atoms with Crippen molar-refractivity contribution < 1.29 is 14.3 Å². The van der Waals surface area contributed by atoms with Gasteiger partial charge in [0.15, 0.2) is 12.0 Å². The molecular formula is C13H17NO3. The molecule has 0 aromatic rings. The number of carbonyl (C=O) groups excluding carboxylic acids is 2. The van der Waals surface area contributed by atoms with Gasteiger partial charge >= 0.3 is 0 Å². The van der Waals surface area contributed by atoms with Gasteiger partial charge in [-0.3, -0.25) is 14.5 Å². The number of hydrogen-bond acceptors (Lipinski definition) is 3. The molecule has 0 N–H and O–H groups in total. The van der Waals surface area contributed by atoms with E-state index >= 15 is 0 Å². The maximum atomic E-state index is 12.1. The van der Waals surface area contributed by atoms with E-state index in [0.29, 0.717) is 12.2 Å². The molecule has 0 saturated carbocycles. The molecule has 4 heteroatoms. The van der Waals surface area contributed by atoms with Crippen molar-refractivity contribution in [2.24, 2.45) is 0 Å². The van der Waals surface area contributed by atoms with Crippen LogP contribution in [-0.2, 0) is 14.3 Å². The zero-order valence-corrected chi connectivity index (χ0v) is 10.2. The van der Waals surface area contributed by atoms with Crippen LogP contribution in [-0.4, -0.2) is 22.8 Å². The molecular weight excluding hydrogens is 218 g/mol. The number of ether oxygens (including phenoxy) is 1. The summed E-state index contributed by atoms with van der Waals surface area (Å²) < 4.78 is 5.57. The van der Waals surface area contributed by atoms with Crippen LogP contribution in [0, 0.1) is 0 Å². The number of unbranched alkanes of at least 4 members (excludes halogenated alkanes) is 1. The molecule has 0 radical (unpaired) electrons. The summed E-state index contributed by atoms with van der Waals surface area (Å²) in [7, 11) is 0. The first kappa shape index (κ1) is 11.9. The van der Waals surface area contributed by atoms with E-state index in [9.17, 15) is 9.59 Å². The third kappa shape index (κ3) is 2.25. The number of amides is 1. The van der Waals surface area contributed by atoms with Crippen LogP contribution in [0.4, 0.5) is 0 Å². The molecule has 0 saturated heterocycles. The topological polar surface area (TPSA) is 46.6 Å². The van der Waals surface area contributed by atoms with Gasteiger partial charge in [0, 0.05) is 6.42 Å². The van der Waals surface area contributed by atoms with E-state index in [4.69, 9.17) is 4.74 Å².